The van der Waals surface area contributed by atoms with E-state index in [1.54, 1.807) is 18.3 Å². The lowest BCUT2D eigenvalue weighted by Gasteiger charge is -2.22. The van der Waals surface area contributed by atoms with E-state index in [-0.39, 0.29) is 48.7 Å². The van der Waals surface area contributed by atoms with E-state index >= 15 is 0 Å². The number of nitrogens with one attached hydrogen (secondary N) is 1. The van der Waals surface area contributed by atoms with Crippen LogP contribution in [-0.4, -0.2) is 56.2 Å². The van der Waals surface area contributed by atoms with Gasteiger partial charge in [-0.2, -0.15) is 0 Å². The molecule has 1 saturated heterocycles. The van der Waals surface area contributed by atoms with Crippen LogP contribution in [0.2, 0.25) is 0 Å². The molecule has 0 radical (unpaired) electrons. The van der Waals surface area contributed by atoms with Gasteiger partial charge in [0.25, 0.3) is 0 Å². The van der Waals surface area contributed by atoms with Gasteiger partial charge in [-0.1, -0.05) is 26.0 Å². The number of aromatic nitrogens is 2. The van der Waals surface area contributed by atoms with E-state index in [2.05, 4.69) is 9.97 Å². The Morgan fingerprint density at radius 2 is 1.86 bits per heavy atom. The van der Waals surface area contributed by atoms with Gasteiger partial charge in [-0.05, 0) is 37.8 Å². The summed E-state index contributed by atoms with van der Waals surface area (Å²) in [4.78, 5) is 43.4. The maximum absolute atomic E-state index is 11.9. The van der Waals surface area contributed by atoms with E-state index in [4.69, 9.17) is 17.2 Å². The molecule has 1 unspecified atom stereocenters. The summed E-state index contributed by atoms with van der Waals surface area (Å²) < 4.78 is 0. The summed E-state index contributed by atoms with van der Waals surface area (Å²) in [6, 6.07) is 6.05. The number of phenolic OH excluding ortho intramolecular Hbond substituents is 1. The van der Waals surface area contributed by atoms with Gasteiger partial charge in [-0.15, -0.1) is 12.4 Å². The number of halogens is 1. The van der Waals surface area contributed by atoms with Crippen molar-refractivity contribution in [3.05, 3.63) is 36.3 Å². The fourth-order valence-corrected chi connectivity index (χ4v) is 3.70. The minimum absolute atomic E-state index is 0. The van der Waals surface area contributed by atoms with Crippen LogP contribution in [0.15, 0.2) is 30.5 Å². The molecule has 194 valence electrons. The summed E-state index contributed by atoms with van der Waals surface area (Å²) in [5, 5.41) is 9.69. The SMILES string of the molecule is CC[C@H](N)C(=O)CCC(=O)N1CCCC1C(N)=O.CC[C@H](N)c1ncc(-c2ccccc2O)[nH]1.Cl. The number of aromatic hydroxyl groups is 1. The van der Waals surface area contributed by atoms with E-state index in [0.717, 1.165) is 29.9 Å². The Morgan fingerprint density at radius 1 is 1.17 bits per heavy atom. The summed E-state index contributed by atoms with van der Waals surface area (Å²) in [5.74, 6) is 0.217. The Balaban J connectivity index is 0.000000342. The lowest BCUT2D eigenvalue weighted by atomic mass is 10.1. The van der Waals surface area contributed by atoms with Gasteiger partial charge in [0.2, 0.25) is 11.8 Å². The molecule has 3 atom stereocenters. The van der Waals surface area contributed by atoms with Crippen LogP contribution in [0.3, 0.4) is 0 Å². The van der Waals surface area contributed by atoms with Gasteiger partial charge in [0.1, 0.15) is 23.4 Å². The first-order chi connectivity index (χ1) is 16.2. The van der Waals surface area contributed by atoms with Gasteiger partial charge in [0, 0.05) is 24.9 Å². The zero-order valence-electron chi connectivity index (χ0n) is 20.3. The molecule has 2 aromatic rings. The van der Waals surface area contributed by atoms with E-state index in [1.165, 1.54) is 4.90 Å². The fourth-order valence-electron chi connectivity index (χ4n) is 3.70. The van der Waals surface area contributed by atoms with Crippen LogP contribution in [0.5, 0.6) is 5.75 Å². The molecule has 0 aliphatic carbocycles. The molecule has 1 aromatic carbocycles. The number of hydrogen-bond donors (Lipinski definition) is 5. The number of aromatic amines is 1. The number of rotatable bonds is 9. The highest BCUT2D eigenvalue weighted by atomic mass is 35.5. The second kappa shape index (κ2) is 14.4. The third-order valence-electron chi connectivity index (χ3n) is 5.92. The number of carbonyl (C=O) groups is 3. The van der Waals surface area contributed by atoms with Crippen LogP contribution in [-0.2, 0) is 14.4 Å². The topological polar surface area (TPSA) is 181 Å². The van der Waals surface area contributed by atoms with Crippen molar-refractivity contribution in [2.75, 3.05) is 6.54 Å². The van der Waals surface area contributed by atoms with Crippen molar-refractivity contribution in [2.45, 2.75) is 70.5 Å². The molecule has 1 fully saturated rings. The van der Waals surface area contributed by atoms with E-state index < -0.39 is 18.0 Å². The third-order valence-corrected chi connectivity index (χ3v) is 5.92. The summed E-state index contributed by atoms with van der Waals surface area (Å²) in [5.41, 5.74) is 18.2. The van der Waals surface area contributed by atoms with Crippen LogP contribution >= 0.6 is 12.4 Å². The summed E-state index contributed by atoms with van der Waals surface area (Å²) in [6.45, 7) is 4.38. The van der Waals surface area contributed by atoms with Crippen molar-refractivity contribution in [2.24, 2.45) is 17.2 Å². The average molecular weight is 509 g/mol. The number of primary amides is 1. The lowest BCUT2D eigenvalue weighted by Crippen LogP contribution is -2.44. The molecule has 2 amide bonds. The molecular formula is C24H37ClN6O4. The summed E-state index contributed by atoms with van der Waals surface area (Å²) in [6.07, 6.45) is 4.73. The Labute approximate surface area is 212 Å². The number of imidazole rings is 1. The first kappa shape index (κ1) is 30.1. The Hall–Kier alpha value is -2.95. The van der Waals surface area contributed by atoms with Gasteiger partial charge in [0.05, 0.1) is 24.0 Å². The number of likely N-dealkylation sites (tertiary alicyclic amines) is 1. The highest BCUT2D eigenvalue weighted by Gasteiger charge is 2.32. The van der Waals surface area contributed by atoms with Gasteiger partial charge in [-0.25, -0.2) is 4.98 Å². The maximum Gasteiger partial charge on any atom is 0.240 e. The van der Waals surface area contributed by atoms with Crippen LogP contribution in [0, 0.1) is 0 Å². The van der Waals surface area contributed by atoms with Gasteiger partial charge in [0.15, 0.2) is 0 Å². The van der Waals surface area contributed by atoms with E-state index in [1.807, 2.05) is 26.0 Å². The van der Waals surface area contributed by atoms with Crippen LogP contribution in [0.1, 0.15) is 64.2 Å². The quantitative estimate of drug-likeness (QED) is 0.343. The zero-order chi connectivity index (χ0) is 25.3. The predicted molar refractivity (Wildman–Crippen MR) is 137 cm³/mol. The number of amides is 2. The molecule has 1 aliphatic rings. The van der Waals surface area contributed by atoms with Crippen molar-refractivity contribution >= 4 is 30.0 Å². The summed E-state index contributed by atoms with van der Waals surface area (Å²) in [7, 11) is 0. The molecular weight excluding hydrogens is 472 g/mol. The molecule has 1 aromatic heterocycles. The number of H-pyrrole nitrogens is 1. The number of hydrogen-bond acceptors (Lipinski definition) is 7. The molecule has 11 heteroatoms. The minimum atomic E-state index is -0.507. The first-order valence-electron chi connectivity index (χ1n) is 11.6. The number of phenols is 1. The second-order valence-corrected chi connectivity index (χ2v) is 8.34. The van der Waals surface area contributed by atoms with Crippen molar-refractivity contribution in [1.29, 1.82) is 0 Å². The Kier molecular flexibility index (Phi) is 12.4. The Morgan fingerprint density at radius 3 is 2.46 bits per heavy atom. The van der Waals surface area contributed by atoms with Crippen LogP contribution < -0.4 is 17.2 Å². The van der Waals surface area contributed by atoms with Crippen LogP contribution in [0.25, 0.3) is 11.3 Å². The molecule has 10 nitrogen and oxygen atoms in total. The van der Waals surface area contributed by atoms with Gasteiger partial charge in [-0.3, -0.25) is 14.4 Å². The number of para-hydroxylation sites is 1. The smallest absolute Gasteiger partial charge is 0.240 e. The van der Waals surface area contributed by atoms with Gasteiger partial charge < -0.3 is 32.2 Å². The van der Waals surface area contributed by atoms with Crippen molar-refractivity contribution in [3.63, 3.8) is 0 Å². The average Bonchev–Trinajstić information content (AvgIpc) is 3.52. The fraction of sp³-hybridized carbons (Fsp3) is 0.500. The number of carbonyl (C=O) groups excluding carboxylic acids is 3. The van der Waals surface area contributed by atoms with Gasteiger partial charge >= 0.3 is 0 Å². The number of Topliss-reactive ketones (excluding diaryl/α,β-unsaturated/α-hetero) is 1. The molecule has 3 rings (SSSR count). The number of benzene rings is 1. The van der Waals surface area contributed by atoms with E-state index in [9.17, 15) is 19.5 Å². The standard InChI is InChI=1S/C12H21N3O3.C12H15N3O.ClH/c1-2-8(13)10(16)5-6-11(17)15-7-3-4-9(15)12(14)18;1-2-9(13)12-14-7-10(15-12)8-5-3-4-6-11(8)16;/h8-9H,2-7,13H2,1H3,(H2,14,18);3-7,9,16H,2,13H2,1H3,(H,14,15);1H/t8-,9?;9-;/m00./s1. The lowest BCUT2D eigenvalue weighted by molar-refractivity contribution is -0.138. The number of nitrogens with two attached hydrogens (primary N) is 3. The van der Waals surface area contributed by atoms with Crippen LogP contribution in [0.4, 0.5) is 0 Å². The van der Waals surface area contributed by atoms with Crippen molar-refractivity contribution in [1.82, 2.24) is 14.9 Å². The van der Waals surface area contributed by atoms with Crippen molar-refractivity contribution < 1.29 is 19.5 Å². The highest BCUT2D eigenvalue weighted by molar-refractivity contribution is 5.91. The third kappa shape index (κ3) is 8.34. The molecule has 0 saturated carbocycles. The van der Waals surface area contributed by atoms with Crippen molar-refractivity contribution in [3.8, 4) is 17.0 Å². The Bertz CT molecular complexity index is 982. The molecule has 0 spiro atoms. The maximum atomic E-state index is 11.9. The molecule has 2 heterocycles. The largest absolute Gasteiger partial charge is 0.507 e. The normalized spacial score (nSPS) is 16.5. The summed E-state index contributed by atoms with van der Waals surface area (Å²) >= 11 is 0. The number of ketones is 1. The molecule has 8 N–H and O–H groups in total. The minimum Gasteiger partial charge on any atom is -0.507 e. The molecule has 0 bridgehead atoms. The first-order valence-corrected chi connectivity index (χ1v) is 11.6. The highest BCUT2D eigenvalue weighted by Crippen LogP contribution is 2.27. The van der Waals surface area contributed by atoms with E-state index in [0.29, 0.717) is 19.4 Å². The predicted octanol–water partition coefficient (Wildman–Crippen LogP) is 2.16. The second-order valence-electron chi connectivity index (χ2n) is 8.34. The molecule has 1 aliphatic heterocycles. The zero-order valence-corrected chi connectivity index (χ0v) is 21.1. The molecule has 35 heavy (non-hydrogen) atoms. The number of nitrogens with zero attached hydrogens (tertiary/aromatic N) is 2. The monoisotopic (exact) mass is 508 g/mol.